The average molecular weight is 136 g/mol. The zero-order valence-electron chi connectivity index (χ0n) is 6.21. The summed E-state index contributed by atoms with van der Waals surface area (Å²) in [6.07, 6.45) is 10.8. The van der Waals surface area contributed by atoms with Crippen LogP contribution in [-0.4, -0.2) is 5.78 Å². The Morgan fingerprint density at radius 2 is 1.90 bits per heavy atom. The monoisotopic (exact) mass is 136 g/mol. The fourth-order valence-corrected chi connectivity index (χ4v) is 0.393. The third-order valence-corrected chi connectivity index (χ3v) is 0.943. The van der Waals surface area contributed by atoms with Crippen LogP contribution in [0.15, 0.2) is 37.0 Å². The second-order valence-corrected chi connectivity index (χ2v) is 1.91. The molecule has 0 aromatic rings. The molecule has 54 valence electrons. The van der Waals surface area contributed by atoms with Crippen molar-refractivity contribution in [2.75, 3.05) is 0 Å². The Morgan fingerprint density at radius 3 is 2.00 bits per heavy atom. The van der Waals surface area contributed by atoms with Gasteiger partial charge in [0.25, 0.3) is 0 Å². The van der Waals surface area contributed by atoms with Gasteiger partial charge in [0.2, 0.25) is 0 Å². The smallest absolute Gasteiger partial charge is 0.152 e. The van der Waals surface area contributed by atoms with Crippen molar-refractivity contribution in [2.24, 2.45) is 0 Å². The summed E-state index contributed by atoms with van der Waals surface area (Å²) in [6.45, 7) is 4.68. The predicted molar refractivity (Wildman–Crippen MR) is 43.8 cm³/mol. The van der Waals surface area contributed by atoms with Crippen molar-refractivity contribution in [1.29, 1.82) is 0 Å². The van der Waals surface area contributed by atoms with E-state index >= 15 is 0 Å². The molecule has 1 nitrogen and oxygen atoms in total. The molecule has 0 N–H and O–H groups in total. The van der Waals surface area contributed by atoms with Gasteiger partial charge in [-0.15, -0.1) is 0 Å². The molecule has 0 heterocycles. The van der Waals surface area contributed by atoms with E-state index in [2.05, 4.69) is 30.9 Å². The minimum absolute atomic E-state index is 0.0185. The standard InChI is InChI=1S/C5H6.C4H6O/c1-2-4-5-3-1;1-3-4(2)5/h1-4H,5H2;3H,1H2,2H3. The largest absolute Gasteiger partial charge is 0.295 e. The topological polar surface area (TPSA) is 17.1 Å². The molecule has 1 aliphatic rings. The van der Waals surface area contributed by atoms with Crippen LogP contribution < -0.4 is 0 Å². The van der Waals surface area contributed by atoms with Crippen molar-refractivity contribution in [2.45, 2.75) is 13.3 Å². The Labute approximate surface area is 61.8 Å². The molecular weight excluding hydrogens is 124 g/mol. The van der Waals surface area contributed by atoms with Gasteiger partial charge >= 0.3 is 0 Å². The number of ketones is 1. The van der Waals surface area contributed by atoms with Crippen LogP contribution in [0.2, 0.25) is 0 Å². The summed E-state index contributed by atoms with van der Waals surface area (Å²) in [5.41, 5.74) is 0. The van der Waals surface area contributed by atoms with Crippen LogP contribution in [0.4, 0.5) is 0 Å². The Morgan fingerprint density at radius 1 is 1.50 bits per heavy atom. The van der Waals surface area contributed by atoms with Gasteiger partial charge in [-0.25, -0.2) is 0 Å². The van der Waals surface area contributed by atoms with Crippen molar-refractivity contribution >= 4 is 5.78 Å². The van der Waals surface area contributed by atoms with E-state index in [9.17, 15) is 4.79 Å². The van der Waals surface area contributed by atoms with Gasteiger partial charge in [-0.3, -0.25) is 4.79 Å². The molecule has 1 heteroatoms. The van der Waals surface area contributed by atoms with E-state index in [1.165, 1.54) is 13.0 Å². The third kappa shape index (κ3) is 6.89. The van der Waals surface area contributed by atoms with E-state index in [-0.39, 0.29) is 5.78 Å². The molecule has 0 radical (unpaired) electrons. The maximum absolute atomic E-state index is 9.69. The second-order valence-electron chi connectivity index (χ2n) is 1.91. The highest BCUT2D eigenvalue weighted by molar-refractivity contribution is 5.86. The second kappa shape index (κ2) is 6.02. The predicted octanol–water partition coefficient (Wildman–Crippen LogP) is 2.26. The number of carbonyl (C=O) groups is 1. The van der Waals surface area contributed by atoms with Gasteiger partial charge in [0.05, 0.1) is 0 Å². The van der Waals surface area contributed by atoms with Crippen LogP contribution in [-0.2, 0) is 4.79 Å². The quantitative estimate of drug-likeness (QED) is 0.505. The number of hydrogen-bond donors (Lipinski definition) is 0. The fourth-order valence-electron chi connectivity index (χ4n) is 0.393. The van der Waals surface area contributed by atoms with Gasteiger partial charge in [0, 0.05) is 0 Å². The van der Waals surface area contributed by atoms with Gasteiger partial charge < -0.3 is 0 Å². The fraction of sp³-hybridized carbons (Fsp3) is 0.222. The highest BCUT2D eigenvalue weighted by Crippen LogP contribution is 1.93. The number of allylic oxidation sites excluding steroid dienone is 5. The molecule has 0 bridgehead atoms. The molecule has 0 aromatic carbocycles. The lowest BCUT2D eigenvalue weighted by atomic mass is 10.5. The Hall–Kier alpha value is -1.11. The van der Waals surface area contributed by atoms with Crippen LogP contribution in [0, 0.1) is 0 Å². The third-order valence-electron chi connectivity index (χ3n) is 0.943. The van der Waals surface area contributed by atoms with Crippen LogP contribution >= 0.6 is 0 Å². The molecule has 0 aliphatic heterocycles. The Kier molecular flexibility index (Phi) is 5.35. The highest BCUT2D eigenvalue weighted by atomic mass is 16.1. The molecule has 0 unspecified atom stereocenters. The van der Waals surface area contributed by atoms with E-state index in [1.807, 2.05) is 0 Å². The first-order valence-electron chi connectivity index (χ1n) is 3.22. The molecular formula is C9H12O. The molecule has 0 fully saturated rings. The molecule has 10 heavy (non-hydrogen) atoms. The van der Waals surface area contributed by atoms with Crippen LogP contribution in [0.5, 0.6) is 0 Å². The number of carbonyl (C=O) groups excluding carboxylic acids is 1. The number of rotatable bonds is 1. The average Bonchev–Trinajstić information content (AvgIpc) is 2.43. The summed E-state index contributed by atoms with van der Waals surface area (Å²) in [5, 5.41) is 0. The zero-order chi connectivity index (χ0) is 7.82. The van der Waals surface area contributed by atoms with Gasteiger partial charge in [0.1, 0.15) is 0 Å². The van der Waals surface area contributed by atoms with Gasteiger partial charge in [0.15, 0.2) is 5.78 Å². The summed E-state index contributed by atoms with van der Waals surface area (Å²) in [5.74, 6) is 0.0185. The molecule has 1 rings (SSSR count). The summed E-state index contributed by atoms with van der Waals surface area (Å²) in [7, 11) is 0. The van der Waals surface area contributed by atoms with E-state index in [1.54, 1.807) is 0 Å². The van der Waals surface area contributed by atoms with E-state index < -0.39 is 0 Å². The SMILES string of the molecule is C1=CCC=C1.C=CC(C)=O. The van der Waals surface area contributed by atoms with Gasteiger partial charge in [-0.2, -0.15) is 0 Å². The zero-order valence-corrected chi connectivity index (χ0v) is 6.21. The van der Waals surface area contributed by atoms with Gasteiger partial charge in [-0.1, -0.05) is 30.9 Å². The summed E-state index contributed by atoms with van der Waals surface area (Å²) < 4.78 is 0. The molecule has 0 amide bonds. The molecule has 0 aromatic heterocycles. The first-order valence-corrected chi connectivity index (χ1v) is 3.22. The summed E-state index contributed by atoms with van der Waals surface area (Å²) in [6, 6.07) is 0. The summed E-state index contributed by atoms with van der Waals surface area (Å²) >= 11 is 0. The Bertz CT molecular complexity index is 154. The first kappa shape index (κ1) is 8.89. The molecule has 0 saturated carbocycles. The molecule has 0 atom stereocenters. The molecule has 0 saturated heterocycles. The lowest BCUT2D eigenvalue weighted by Crippen LogP contribution is -1.74. The van der Waals surface area contributed by atoms with E-state index in [0.717, 1.165) is 6.42 Å². The van der Waals surface area contributed by atoms with Crippen LogP contribution in [0.1, 0.15) is 13.3 Å². The van der Waals surface area contributed by atoms with Gasteiger partial charge in [-0.05, 0) is 19.4 Å². The van der Waals surface area contributed by atoms with E-state index in [0.29, 0.717) is 0 Å². The maximum atomic E-state index is 9.69. The summed E-state index contributed by atoms with van der Waals surface area (Å²) in [4.78, 5) is 9.69. The van der Waals surface area contributed by atoms with Crippen molar-refractivity contribution in [3.8, 4) is 0 Å². The lowest BCUT2D eigenvalue weighted by molar-refractivity contribution is -0.112. The van der Waals surface area contributed by atoms with Crippen molar-refractivity contribution < 1.29 is 4.79 Å². The maximum Gasteiger partial charge on any atom is 0.152 e. The minimum atomic E-state index is 0.0185. The Balaban J connectivity index is 0.000000162. The van der Waals surface area contributed by atoms with Crippen LogP contribution in [0.3, 0.4) is 0 Å². The number of hydrogen-bond acceptors (Lipinski definition) is 1. The highest BCUT2D eigenvalue weighted by Gasteiger charge is 1.72. The first-order chi connectivity index (χ1) is 4.77. The molecule has 0 spiro atoms. The molecule has 1 aliphatic carbocycles. The lowest BCUT2D eigenvalue weighted by Gasteiger charge is -1.62. The van der Waals surface area contributed by atoms with E-state index in [4.69, 9.17) is 0 Å². The van der Waals surface area contributed by atoms with Crippen molar-refractivity contribution in [3.05, 3.63) is 37.0 Å². The van der Waals surface area contributed by atoms with Crippen LogP contribution in [0.25, 0.3) is 0 Å². The van der Waals surface area contributed by atoms with Crippen molar-refractivity contribution in [3.63, 3.8) is 0 Å². The minimum Gasteiger partial charge on any atom is -0.295 e. The van der Waals surface area contributed by atoms with Crippen molar-refractivity contribution in [1.82, 2.24) is 0 Å². The normalized spacial score (nSPS) is 12.1.